The van der Waals surface area contributed by atoms with Crippen LogP contribution in [-0.2, 0) is 11.3 Å². The molecule has 0 bridgehead atoms. The summed E-state index contributed by atoms with van der Waals surface area (Å²) in [7, 11) is 0. The Hall–Kier alpha value is -6.87. The van der Waals surface area contributed by atoms with E-state index in [1.165, 1.54) is 27.5 Å². The maximum atomic E-state index is 15.6. The van der Waals surface area contributed by atoms with Crippen molar-refractivity contribution in [1.29, 1.82) is 0 Å². The maximum absolute atomic E-state index is 15.6. The van der Waals surface area contributed by atoms with Gasteiger partial charge in [-0.15, -0.1) is 0 Å². The van der Waals surface area contributed by atoms with Crippen molar-refractivity contribution in [3.8, 4) is 0 Å². The van der Waals surface area contributed by atoms with E-state index in [1.54, 1.807) is 0 Å². The summed E-state index contributed by atoms with van der Waals surface area (Å²) < 4.78 is 0.788. The molecule has 63 heavy (non-hydrogen) atoms. The second-order valence-electron chi connectivity index (χ2n) is 17.2. The van der Waals surface area contributed by atoms with Crippen LogP contribution < -0.4 is 0 Å². The van der Waals surface area contributed by atoms with Crippen LogP contribution in [0.15, 0.2) is 231 Å². The van der Waals surface area contributed by atoms with Crippen LogP contribution in [0.2, 0.25) is 0 Å². The third-order valence-corrected chi connectivity index (χ3v) is 13.3. The van der Waals surface area contributed by atoms with Gasteiger partial charge in [0.2, 0.25) is 0 Å². The summed E-state index contributed by atoms with van der Waals surface area (Å²) in [4.78, 5) is 15.6. The predicted octanol–water partition coefficient (Wildman–Crippen LogP) is 14.6. The molecule has 0 amide bonds. The number of nitrogens with zero attached hydrogens (tertiary/aromatic N) is 1. The number of rotatable bonds is 15. The van der Waals surface area contributed by atoms with E-state index < -0.39 is 0 Å². The highest BCUT2D eigenvalue weighted by Gasteiger charge is 2.49. The van der Waals surface area contributed by atoms with Gasteiger partial charge in [-0.2, -0.15) is 0 Å². The second-order valence-corrected chi connectivity index (χ2v) is 17.2. The Kier molecular flexibility index (Phi) is 13.1. The van der Waals surface area contributed by atoms with E-state index in [4.69, 9.17) is 0 Å². The number of likely N-dealkylation sites (tertiary alicyclic amines) is 1. The third-order valence-electron chi connectivity index (χ3n) is 13.3. The van der Waals surface area contributed by atoms with Gasteiger partial charge in [-0.05, 0) is 80.3 Å². The van der Waals surface area contributed by atoms with Crippen molar-refractivity contribution in [3.63, 3.8) is 0 Å². The molecule has 3 atom stereocenters. The van der Waals surface area contributed by atoms with E-state index in [-0.39, 0.29) is 23.8 Å². The van der Waals surface area contributed by atoms with Gasteiger partial charge < -0.3 is 4.48 Å². The van der Waals surface area contributed by atoms with Gasteiger partial charge in [0.25, 0.3) is 0 Å². The molecule has 2 heteroatoms. The molecule has 0 saturated carbocycles. The van der Waals surface area contributed by atoms with E-state index in [1.807, 2.05) is 0 Å². The van der Waals surface area contributed by atoms with Gasteiger partial charge in [0.05, 0.1) is 18.9 Å². The van der Waals surface area contributed by atoms with Crippen molar-refractivity contribution >= 4 is 33.8 Å². The summed E-state index contributed by atoms with van der Waals surface area (Å²) >= 11 is 0. The Balaban J connectivity index is 1.22. The van der Waals surface area contributed by atoms with Gasteiger partial charge in [-0.3, -0.25) is 4.79 Å². The molecule has 1 fully saturated rings. The number of piperidine rings is 1. The van der Waals surface area contributed by atoms with Gasteiger partial charge in [0.1, 0.15) is 24.4 Å². The van der Waals surface area contributed by atoms with Crippen LogP contribution in [0.4, 0.5) is 0 Å². The molecule has 8 aromatic carbocycles. The summed E-state index contributed by atoms with van der Waals surface area (Å²) in [6.07, 6.45) is 8.76. The molecule has 8 aromatic rings. The smallest absolute Gasteiger partial charge is 0.143 e. The van der Waals surface area contributed by atoms with Gasteiger partial charge in [-0.1, -0.05) is 224 Å². The molecule has 9 rings (SSSR count). The quantitative estimate of drug-likeness (QED) is 0.0744. The molecule has 0 radical (unpaired) electrons. The summed E-state index contributed by atoms with van der Waals surface area (Å²) in [5, 5.41) is 2.50. The Bertz CT molecular complexity index is 2680. The van der Waals surface area contributed by atoms with Crippen molar-refractivity contribution in [1.82, 2.24) is 0 Å². The maximum Gasteiger partial charge on any atom is 0.143 e. The number of fused-ring (bicyclic) bond motifs is 1. The molecule has 1 aliphatic heterocycles. The lowest BCUT2D eigenvalue weighted by Gasteiger charge is -2.54. The Morgan fingerprint density at radius 1 is 0.540 bits per heavy atom. The van der Waals surface area contributed by atoms with Gasteiger partial charge >= 0.3 is 0 Å². The highest BCUT2D eigenvalue weighted by molar-refractivity contribution is 6.04. The number of quaternary nitrogens is 1. The normalized spacial score (nSPS) is 16.8. The molecule has 0 aliphatic carbocycles. The zero-order chi connectivity index (χ0) is 42.7. The van der Waals surface area contributed by atoms with Gasteiger partial charge in [-0.25, -0.2) is 0 Å². The number of carbonyl (C=O) groups is 1. The lowest BCUT2D eigenvalue weighted by molar-refractivity contribution is -0.984. The number of hydrogen-bond acceptors (Lipinski definition) is 1. The van der Waals surface area contributed by atoms with E-state index in [9.17, 15) is 0 Å². The molecule has 310 valence electrons. The molecule has 1 aliphatic rings. The number of Topliss-reactive ketones (excluding diaryl/α,β-unsaturated/α-hetero) is 1. The average molecular weight is 819 g/mol. The molecule has 2 nitrogen and oxygen atoms in total. The van der Waals surface area contributed by atoms with E-state index in [2.05, 4.69) is 237 Å². The molecule has 0 N–H and O–H groups in total. The van der Waals surface area contributed by atoms with Crippen LogP contribution in [0.1, 0.15) is 77.0 Å². The lowest BCUT2D eigenvalue weighted by atomic mass is 9.77. The Morgan fingerprint density at radius 3 is 1.63 bits per heavy atom. The van der Waals surface area contributed by atoms with Gasteiger partial charge in [0, 0.05) is 18.4 Å². The minimum absolute atomic E-state index is 0.0988. The van der Waals surface area contributed by atoms with E-state index in [0.717, 1.165) is 70.2 Å². The number of allylic oxidation sites excluding steroid dienone is 1. The lowest BCUT2D eigenvalue weighted by Crippen LogP contribution is -2.64. The van der Waals surface area contributed by atoms with Crippen LogP contribution in [0.5, 0.6) is 0 Å². The average Bonchev–Trinajstić information content (AvgIpc) is 3.35. The number of carbonyl (C=O) groups excluding carboxylic acids is 1. The topological polar surface area (TPSA) is 17.1 Å². The highest BCUT2D eigenvalue weighted by atomic mass is 16.1. The standard InChI is InChI=1S/C61H56NO/c63-57(45-58(50-26-9-2-10-27-50)60(51-28-11-3-12-29-51)52-30-13-4-14-31-52)44-56(41-39-47-23-7-1-8-24-47)62(46-48-38-40-49-25-19-20-36-55(49)43-48)42-22-21-37-59(62)61(53-32-15-5-16-33-53)54-34-17-6-18-35-54/h1-20,23-36,38-41,43,56,59,61H,21-22,37,42,44-46H2/q+1/b41-39+. The van der Waals surface area contributed by atoms with Crippen molar-refractivity contribution in [2.45, 2.75) is 56.7 Å². The predicted molar refractivity (Wildman–Crippen MR) is 264 cm³/mol. The first kappa shape index (κ1) is 41.5. The summed E-state index contributed by atoms with van der Waals surface area (Å²) in [6.45, 7) is 1.80. The van der Waals surface area contributed by atoms with Crippen molar-refractivity contribution in [2.75, 3.05) is 6.54 Å². The SMILES string of the molecule is O=C(CC(=C(c1ccccc1)c1ccccc1)c1ccccc1)CC(/C=C/c1ccccc1)[N+]1(Cc2ccc3ccccc3c2)CCCCC1C(c1ccccc1)c1ccccc1. The van der Waals surface area contributed by atoms with Crippen LogP contribution in [-0.4, -0.2) is 28.9 Å². The van der Waals surface area contributed by atoms with E-state index >= 15 is 4.79 Å². The molecule has 0 aromatic heterocycles. The summed E-state index contributed by atoms with van der Waals surface area (Å²) in [5.74, 6) is 0.385. The molecular formula is C61H56NO+. The van der Waals surface area contributed by atoms with Crippen LogP contribution in [0, 0.1) is 0 Å². The zero-order valence-corrected chi connectivity index (χ0v) is 36.1. The highest BCUT2D eigenvalue weighted by Crippen LogP contribution is 2.45. The molecule has 0 spiro atoms. The number of ketones is 1. The van der Waals surface area contributed by atoms with Crippen molar-refractivity contribution in [2.24, 2.45) is 0 Å². The molecule has 1 saturated heterocycles. The van der Waals surface area contributed by atoms with Crippen LogP contribution in [0.3, 0.4) is 0 Å². The van der Waals surface area contributed by atoms with Crippen LogP contribution in [0.25, 0.3) is 28.0 Å². The van der Waals surface area contributed by atoms with Crippen molar-refractivity contribution < 1.29 is 9.28 Å². The first-order valence-electron chi connectivity index (χ1n) is 22.7. The monoisotopic (exact) mass is 818 g/mol. The largest absolute Gasteiger partial charge is 0.311 e. The zero-order valence-electron chi connectivity index (χ0n) is 36.1. The second kappa shape index (κ2) is 19.9. The minimum atomic E-state index is -0.0988. The van der Waals surface area contributed by atoms with E-state index in [0.29, 0.717) is 12.8 Å². The summed E-state index contributed by atoms with van der Waals surface area (Å²) in [5.41, 5.74) is 10.6. The van der Waals surface area contributed by atoms with Gasteiger partial charge in [0.15, 0.2) is 0 Å². The molecular weight excluding hydrogens is 763 g/mol. The number of benzene rings is 8. The minimum Gasteiger partial charge on any atom is -0.311 e. The first-order valence-corrected chi connectivity index (χ1v) is 22.7. The van der Waals surface area contributed by atoms with Crippen molar-refractivity contribution in [3.05, 3.63) is 269 Å². The fourth-order valence-electron chi connectivity index (χ4n) is 10.4. The molecule has 3 unspecified atom stereocenters. The summed E-state index contributed by atoms with van der Waals surface area (Å²) in [6, 6.07) is 80.6. The Morgan fingerprint density at radius 2 is 1.05 bits per heavy atom. The first-order chi connectivity index (χ1) is 31.1. The Labute approximate surface area is 374 Å². The third kappa shape index (κ3) is 9.63. The van der Waals surface area contributed by atoms with Crippen LogP contribution >= 0.6 is 0 Å². The number of hydrogen-bond donors (Lipinski definition) is 0. The molecule has 1 heterocycles. The fraction of sp³-hybridized carbons (Fsp3) is 0.164. The fourth-order valence-corrected chi connectivity index (χ4v) is 10.4.